The van der Waals surface area contributed by atoms with Gasteiger partial charge in [0.2, 0.25) is 5.91 Å². The van der Waals surface area contributed by atoms with E-state index in [2.05, 4.69) is 10.3 Å². The first-order valence-corrected chi connectivity index (χ1v) is 6.99. The molecule has 0 aliphatic heterocycles. The molecule has 2 heterocycles. The number of carbonyl (C=O) groups excluding carboxylic acids is 1. The molecule has 0 atom stereocenters. The standard InChI is InChI=1S/C14H14N2O3S/c17-9-11-3-5-15-8-13(11)16-14(18)4-7-20-10-12-2-1-6-19-12/h1-8,17H,9-10H2,(H,16,18)/b7-4+. The predicted molar refractivity (Wildman–Crippen MR) is 77.9 cm³/mol. The van der Waals surface area contributed by atoms with Gasteiger partial charge in [0.15, 0.2) is 0 Å². The monoisotopic (exact) mass is 290 g/mol. The highest BCUT2D eigenvalue weighted by atomic mass is 32.2. The first-order valence-electron chi connectivity index (χ1n) is 5.95. The lowest BCUT2D eigenvalue weighted by atomic mass is 10.2. The highest BCUT2D eigenvalue weighted by molar-refractivity contribution is 8.01. The van der Waals surface area contributed by atoms with Gasteiger partial charge in [-0.25, -0.2) is 0 Å². The Hall–Kier alpha value is -2.05. The maximum atomic E-state index is 11.7. The molecule has 0 aliphatic carbocycles. The third kappa shape index (κ3) is 4.25. The molecule has 2 aromatic rings. The number of rotatable bonds is 6. The number of amides is 1. The zero-order chi connectivity index (χ0) is 14.2. The average Bonchev–Trinajstić information content (AvgIpc) is 2.97. The second-order valence-corrected chi connectivity index (χ2v) is 4.77. The Morgan fingerprint density at radius 1 is 1.50 bits per heavy atom. The zero-order valence-corrected chi connectivity index (χ0v) is 11.5. The Labute approximate surface area is 120 Å². The Balaban J connectivity index is 1.82. The summed E-state index contributed by atoms with van der Waals surface area (Å²) in [5, 5.41) is 13.5. The minimum absolute atomic E-state index is 0.144. The molecule has 0 unspecified atom stereocenters. The number of nitrogens with one attached hydrogen (secondary N) is 1. The highest BCUT2D eigenvalue weighted by Gasteiger charge is 2.03. The van der Waals surface area contributed by atoms with Crippen LogP contribution in [0.1, 0.15) is 11.3 Å². The molecule has 0 radical (unpaired) electrons. The normalized spacial score (nSPS) is 10.8. The molecule has 0 fully saturated rings. The molecule has 0 saturated carbocycles. The van der Waals surface area contributed by atoms with Gasteiger partial charge >= 0.3 is 0 Å². The average molecular weight is 290 g/mol. The van der Waals surface area contributed by atoms with Gasteiger partial charge in [-0.2, -0.15) is 0 Å². The minimum Gasteiger partial charge on any atom is -0.468 e. The molecule has 0 aromatic carbocycles. The number of hydrogen-bond donors (Lipinski definition) is 2. The summed E-state index contributed by atoms with van der Waals surface area (Å²) in [7, 11) is 0. The van der Waals surface area contributed by atoms with Gasteiger partial charge in [-0.3, -0.25) is 9.78 Å². The van der Waals surface area contributed by atoms with E-state index in [1.54, 1.807) is 23.9 Å². The minimum atomic E-state index is -0.264. The fourth-order valence-electron chi connectivity index (χ4n) is 1.48. The van der Waals surface area contributed by atoms with Crippen molar-refractivity contribution in [1.82, 2.24) is 4.98 Å². The van der Waals surface area contributed by atoms with Crippen molar-refractivity contribution in [3.8, 4) is 0 Å². The number of nitrogens with zero attached hydrogens (tertiary/aromatic N) is 1. The van der Waals surface area contributed by atoms with Gasteiger partial charge in [-0.1, -0.05) is 0 Å². The molecule has 2 rings (SSSR count). The van der Waals surface area contributed by atoms with Crippen LogP contribution in [0.3, 0.4) is 0 Å². The van der Waals surface area contributed by atoms with Gasteiger partial charge in [-0.15, -0.1) is 11.8 Å². The van der Waals surface area contributed by atoms with Crippen LogP contribution in [0.25, 0.3) is 0 Å². The molecule has 6 heteroatoms. The van der Waals surface area contributed by atoms with Crippen molar-refractivity contribution < 1.29 is 14.3 Å². The van der Waals surface area contributed by atoms with E-state index < -0.39 is 0 Å². The molecule has 1 amide bonds. The second kappa shape index (κ2) is 7.52. The van der Waals surface area contributed by atoms with Crippen LogP contribution in [0.5, 0.6) is 0 Å². The van der Waals surface area contributed by atoms with E-state index in [9.17, 15) is 4.79 Å². The van der Waals surface area contributed by atoms with Gasteiger partial charge in [0.25, 0.3) is 0 Å². The van der Waals surface area contributed by atoms with E-state index in [-0.39, 0.29) is 12.5 Å². The molecule has 104 valence electrons. The molecule has 0 saturated heterocycles. The third-order valence-electron chi connectivity index (χ3n) is 2.46. The second-order valence-electron chi connectivity index (χ2n) is 3.87. The topological polar surface area (TPSA) is 75.4 Å². The molecule has 5 nitrogen and oxygen atoms in total. The number of furan rings is 1. The molecule has 2 N–H and O–H groups in total. The lowest BCUT2D eigenvalue weighted by Gasteiger charge is -2.06. The summed E-state index contributed by atoms with van der Waals surface area (Å²) in [6.45, 7) is -0.144. The summed E-state index contributed by atoms with van der Waals surface area (Å²) in [6, 6.07) is 5.36. The predicted octanol–water partition coefficient (Wildman–Crippen LogP) is 2.55. The number of thioether (sulfide) groups is 1. The van der Waals surface area contributed by atoms with Crippen molar-refractivity contribution >= 4 is 23.4 Å². The Morgan fingerprint density at radius 2 is 2.40 bits per heavy atom. The molecule has 20 heavy (non-hydrogen) atoms. The largest absolute Gasteiger partial charge is 0.468 e. The first kappa shape index (κ1) is 14.4. The Bertz CT molecular complexity index is 582. The van der Waals surface area contributed by atoms with Crippen LogP contribution in [-0.4, -0.2) is 16.0 Å². The van der Waals surface area contributed by atoms with Crippen LogP contribution in [0, 0.1) is 0 Å². The van der Waals surface area contributed by atoms with Crippen molar-refractivity contribution in [1.29, 1.82) is 0 Å². The van der Waals surface area contributed by atoms with E-state index in [1.165, 1.54) is 24.0 Å². The fraction of sp³-hybridized carbons (Fsp3) is 0.143. The smallest absolute Gasteiger partial charge is 0.248 e. The Morgan fingerprint density at radius 3 is 3.15 bits per heavy atom. The Kier molecular flexibility index (Phi) is 5.40. The fourth-order valence-corrected chi connectivity index (χ4v) is 2.13. The van der Waals surface area contributed by atoms with E-state index in [4.69, 9.17) is 9.52 Å². The summed E-state index contributed by atoms with van der Waals surface area (Å²) in [6.07, 6.45) is 6.12. The lowest BCUT2D eigenvalue weighted by Crippen LogP contribution is -2.10. The van der Waals surface area contributed by atoms with Crippen LogP contribution in [0.4, 0.5) is 5.69 Å². The molecule has 0 aliphatic rings. The number of anilines is 1. The van der Waals surface area contributed by atoms with Crippen LogP contribution in [0.2, 0.25) is 0 Å². The summed E-state index contributed by atoms with van der Waals surface area (Å²) in [4.78, 5) is 15.6. The summed E-state index contributed by atoms with van der Waals surface area (Å²) in [5.41, 5.74) is 1.14. The van der Waals surface area contributed by atoms with Gasteiger partial charge < -0.3 is 14.8 Å². The lowest BCUT2D eigenvalue weighted by molar-refractivity contribution is -0.111. The maximum absolute atomic E-state index is 11.7. The number of pyridine rings is 1. The van der Waals surface area contributed by atoms with Gasteiger partial charge in [0.1, 0.15) is 5.76 Å². The van der Waals surface area contributed by atoms with Crippen LogP contribution in [0.15, 0.2) is 52.8 Å². The molecule has 2 aromatic heterocycles. The van der Waals surface area contributed by atoms with Crippen molar-refractivity contribution in [3.05, 3.63) is 59.7 Å². The van der Waals surface area contributed by atoms with E-state index >= 15 is 0 Å². The van der Waals surface area contributed by atoms with Gasteiger partial charge in [-0.05, 0) is 23.6 Å². The van der Waals surface area contributed by atoms with E-state index in [0.29, 0.717) is 17.0 Å². The number of aromatic nitrogens is 1. The number of aliphatic hydroxyl groups is 1. The van der Waals surface area contributed by atoms with Crippen molar-refractivity contribution in [2.75, 3.05) is 5.32 Å². The number of hydrogen-bond acceptors (Lipinski definition) is 5. The summed E-state index contributed by atoms with van der Waals surface area (Å²) in [5.74, 6) is 1.26. The molecule has 0 spiro atoms. The molecular formula is C14H14N2O3S. The first-order chi connectivity index (χ1) is 9.79. The summed E-state index contributed by atoms with van der Waals surface area (Å²) < 4.78 is 5.18. The SMILES string of the molecule is O=C(/C=C/SCc1ccco1)Nc1cnccc1CO. The van der Waals surface area contributed by atoms with Gasteiger partial charge in [0.05, 0.1) is 30.5 Å². The van der Waals surface area contributed by atoms with Gasteiger partial charge in [0, 0.05) is 17.8 Å². The number of aliphatic hydroxyl groups excluding tert-OH is 1. The zero-order valence-electron chi connectivity index (χ0n) is 10.7. The molecular weight excluding hydrogens is 276 g/mol. The van der Waals surface area contributed by atoms with E-state index in [1.807, 2.05) is 12.1 Å². The quantitative estimate of drug-likeness (QED) is 0.800. The molecule has 0 bridgehead atoms. The highest BCUT2D eigenvalue weighted by Crippen LogP contribution is 2.15. The van der Waals surface area contributed by atoms with Crippen LogP contribution >= 0.6 is 11.8 Å². The van der Waals surface area contributed by atoms with Crippen molar-refractivity contribution in [3.63, 3.8) is 0 Å². The van der Waals surface area contributed by atoms with Crippen molar-refractivity contribution in [2.24, 2.45) is 0 Å². The third-order valence-corrected chi connectivity index (χ3v) is 3.24. The maximum Gasteiger partial charge on any atom is 0.248 e. The van der Waals surface area contributed by atoms with Crippen molar-refractivity contribution in [2.45, 2.75) is 12.4 Å². The van der Waals surface area contributed by atoms with Crippen LogP contribution < -0.4 is 5.32 Å². The van der Waals surface area contributed by atoms with Crippen LogP contribution in [-0.2, 0) is 17.2 Å². The number of carbonyl (C=O) groups is 1. The van der Waals surface area contributed by atoms with E-state index in [0.717, 1.165) is 5.76 Å². The summed E-state index contributed by atoms with van der Waals surface area (Å²) >= 11 is 1.46.